The average Bonchev–Trinajstić information content (AvgIpc) is 2.62. The van der Waals surface area contributed by atoms with Gasteiger partial charge in [-0.3, -0.25) is 0 Å². The summed E-state index contributed by atoms with van der Waals surface area (Å²) >= 11 is 0. The van der Waals surface area contributed by atoms with Crippen LogP contribution in [-0.4, -0.2) is 41.6 Å². The van der Waals surface area contributed by atoms with Crippen molar-refractivity contribution < 1.29 is 26.7 Å². The first kappa shape index (κ1) is 20.3. The molecule has 0 spiro atoms. The molecule has 10 heteroatoms. The molecule has 0 saturated heterocycles. The number of hydrogen-bond acceptors (Lipinski definition) is 6. The Morgan fingerprint density at radius 3 is 2.38 bits per heavy atom. The van der Waals surface area contributed by atoms with Crippen molar-refractivity contribution in [2.45, 2.75) is 36.3 Å². The molecule has 2 rings (SSSR count). The molecule has 0 bridgehead atoms. The molecule has 0 unspecified atom stereocenters. The van der Waals surface area contributed by atoms with E-state index in [0.717, 1.165) is 18.6 Å². The van der Waals surface area contributed by atoms with Gasteiger partial charge in [-0.05, 0) is 36.8 Å². The van der Waals surface area contributed by atoms with Gasteiger partial charge < -0.3 is 10.4 Å². The molecule has 0 radical (unpaired) electrons. The van der Waals surface area contributed by atoms with Gasteiger partial charge in [0.05, 0.1) is 17.2 Å². The van der Waals surface area contributed by atoms with Crippen LogP contribution in [0.15, 0.2) is 41.4 Å². The van der Waals surface area contributed by atoms with E-state index in [9.17, 15) is 21.6 Å². The molecule has 0 saturated carbocycles. The maximum absolute atomic E-state index is 12.6. The summed E-state index contributed by atoms with van der Waals surface area (Å²) in [7, 11) is -5.38. The predicted molar refractivity (Wildman–Crippen MR) is 88.7 cm³/mol. The van der Waals surface area contributed by atoms with Crippen LogP contribution >= 0.6 is 0 Å². The number of nitrogens with zero attached hydrogens (tertiary/aromatic N) is 2. The van der Waals surface area contributed by atoms with E-state index in [4.69, 9.17) is 5.11 Å². The van der Waals surface area contributed by atoms with Gasteiger partial charge in [0.15, 0.2) is 5.82 Å². The molecule has 0 amide bonds. The summed E-state index contributed by atoms with van der Waals surface area (Å²) in [6.07, 6.45) is 2.24. The van der Waals surface area contributed by atoms with Crippen molar-refractivity contribution in [3.05, 3.63) is 42.2 Å². The quantitative estimate of drug-likeness (QED) is 0.755. The molecule has 6 nitrogen and oxygen atoms in total. The molecule has 1 aromatic carbocycles. The van der Waals surface area contributed by atoms with Crippen LogP contribution in [0.4, 0.5) is 13.2 Å². The second-order valence-electron chi connectivity index (χ2n) is 5.51. The average molecular weight is 389 g/mol. The smallest absolute Gasteiger partial charge is 0.395 e. The zero-order valence-electron chi connectivity index (χ0n) is 13.9. The van der Waals surface area contributed by atoms with E-state index in [1.165, 1.54) is 18.3 Å². The second kappa shape index (κ2) is 8.11. The number of nitrogens with one attached hydrogen (secondary N) is 1. The fourth-order valence-electron chi connectivity index (χ4n) is 2.14. The van der Waals surface area contributed by atoms with E-state index in [1.54, 1.807) is 6.07 Å². The number of aliphatic hydroxyl groups is 1. The summed E-state index contributed by atoms with van der Waals surface area (Å²) in [5.41, 5.74) is -4.32. The van der Waals surface area contributed by atoms with Crippen LogP contribution in [0.1, 0.15) is 19.0 Å². The molecule has 1 heterocycles. The molecule has 0 fully saturated rings. The fourth-order valence-corrected chi connectivity index (χ4v) is 2.90. The lowest BCUT2D eigenvalue weighted by Gasteiger charge is -2.13. The highest BCUT2D eigenvalue weighted by molar-refractivity contribution is 7.92. The minimum Gasteiger partial charge on any atom is -0.395 e. The van der Waals surface area contributed by atoms with Crippen molar-refractivity contribution >= 4 is 9.84 Å². The number of rotatable bonds is 7. The molecular formula is C16H18F3N3O3S. The molecule has 2 N–H and O–H groups in total. The van der Waals surface area contributed by atoms with Crippen LogP contribution in [0.25, 0.3) is 11.4 Å². The van der Waals surface area contributed by atoms with Gasteiger partial charge in [0.2, 0.25) is 0 Å². The van der Waals surface area contributed by atoms with Crippen LogP contribution in [-0.2, 0) is 16.4 Å². The topological polar surface area (TPSA) is 92.2 Å². The lowest BCUT2D eigenvalue weighted by atomic mass is 10.2. The monoisotopic (exact) mass is 389 g/mol. The lowest BCUT2D eigenvalue weighted by molar-refractivity contribution is -0.0436. The number of hydrogen-bond donors (Lipinski definition) is 2. The molecule has 142 valence electrons. The van der Waals surface area contributed by atoms with Crippen molar-refractivity contribution in [3.8, 4) is 11.4 Å². The van der Waals surface area contributed by atoms with Gasteiger partial charge in [-0.2, -0.15) is 13.2 Å². The highest BCUT2D eigenvalue weighted by Gasteiger charge is 2.46. The van der Waals surface area contributed by atoms with E-state index in [-0.39, 0.29) is 18.5 Å². The molecule has 0 aliphatic rings. The van der Waals surface area contributed by atoms with Crippen molar-refractivity contribution in [1.29, 1.82) is 0 Å². The Morgan fingerprint density at radius 2 is 1.85 bits per heavy atom. The van der Waals surface area contributed by atoms with Gasteiger partial charge in [-0.15, -0.1) is 0 Å². The zero-order chi connectivity index (χ0) is 19.4. The fraction of sp³-hybridized carbons (Fsp3) is 0.375. The second-order valence-corrected chi connectivity index (χ2v) is 7.45. The van der Waals surface area contributed by atoms with E-state index in [2.05, 4.69) is 15.3 Å². The Hall–Kier alpha value is -2.04. The maximum atomic E-state index is 12.6. The van der Waals surface area contributed by atoms with Gasteiger partial charge >= 0.3 is 5.51 Å². The first-order chi connectivity index (χ1) is 12.2. The van der Waals surface area contributed by atoms with Gasteiger partial charge in [0.25, 0.3) is 9.84 Å². The van der Waals surface area contributed by atoms with Crippen LogP contribution < -0.4 is 5.32 Å². The van der Waals surface area contributed by atoms with Crippen LogP contribution in [0.2, 0.25) is 0 Å². The SMILES string of the molecule is CC[C@H](CO)NCc1ccnc(-c2ccc(S(=O)(=O)C(F)(F)F)cc2)n1. The summed E-state index contributed by atoms with van der Waals surface area (Å²) in [5.74, 6) is 0.261. The first-order valence-corrected chi connectivity index (χ1v) is 9.25. The van der Waals surface area contributed by atoms with Crippen LogP contribution in [0.5, 0.6) is 0 Å². The summed E-state index contributed by atoms with van der Waals surface area (Å²) in [4.78, 5) is 7.52. The number of aliphatic hydroxyl groups excluding tert-OH is 1. The van der Waals surface area contributed by atoms with E-state index < -0.39 is 20.2 Å². The molecule has 1 atom stereocenters. The standard InChI is InChI=1S/C16H18F3N3O3S/c1-2-12(10-23)21-9-13-7-8-20-15(22-13)11-3-5-14(6-4-11)26(24,25)16(17,18)19/h3-8,12,21,23H,2,9-10H2,1H3/t12-/m1/s1. The maximum Gasteiger partial charge on any atom is 0.501 e. The molecule has 2 aromatic rings. The van der Waals surface area contributed by atoms with Gasteiger partial charge in [0, 0.05) is 24.3 Å². The molecule has 26 heavy (non-hydrogen) atoms. The summed E-state index contributed by atoms with van der Waals surface area (Å²) in [6, 6.07) is 5.82. The normalized spacial score (nSPS) is 13.6. The largest absolute Gasteiger partial charge is 0.501 e. The van der Waals surface area contributed by atoms with Crippen molar-refractivity contribution in [2.75, 3.05) is 6.61 Å². The van der Waals surface area contributed by atoms with E-state index in [1.807, 2.05) is 6.92 Å². The summed E-state index contributed by atoms with van der Waals surface area (Å²) in [5, 5.41) is 12.3. The number of benzene rings is 1. The van der Waals surface area contributed by atoms with Crippen LogP contribution in [0.3, 0.4) is 0 Å². The van der Waals surface area contributed by atoms with Crippen molar-refractivity contribution in [2.24, 2.45) is 0 Å². The molecule has 0 aliphatic heterocycles. The van der Waals surface area contributed by atoms with Crippen molar-refractivity contribution in [1.82, 2.24) is 15.3 Å². The third kappa shape index (κ3) is 4.57. The third-order valence-corrected chi connectivity index (χ3v) is 5.23. The van der Waals surface area contributed by atoms with Crippen LogP contribution in [0, 0.1) is 0 Å². The highest BCUT2D eigenvalue weighted by atomic mass is 32.2. The minimum absolute atomic E-state index is 0.0103. The van der Waals surface area contributed by atoms with E-state index in [0.29, 0.717) is 17.8 Å². The lowest BCUT2D eigenvalue weighted by Crippen LogP contribution is -2.31. The van der Waals surface area contributed by atoms with Crippen molar-refractivity contribution in [3.63, 3.8) is 0 Å². The predicted octanol–water partition coefficient (Wildman–Crippen LogP) is 2.30. The Kier molecular flexibility index (Phi) is 6.32. The minimum atomic E-state index is -5.38. The Morgan fingerprint density at radius 1 is 1.19 bits per heavy atom. The molecule has 1 aromatic heterocycles. The van der Waals surface area contributed by atoms with E-state index >= 15 is 0 Å². The van der Waals surface area contributed by atoms with Gasteiger partial charge in [-0.1, -0.05) is 6.92 Å². The number of sulfone groups is 1. The Balaban J connectivity index is 2.21. The summed E-state index contributed by atoms with van der Waals surface area (Å²) < 4.78 is 60.5. The number of halogens is 3. The van der Waals surface area contributed by atoms with Gasteiger partial charge in [-0.25, -0.2) is 18.4 Å². The molecule has 0 aliphatic carbocycles. The Labute approximate surface area is 149 Å². The Bertz CT molecular complexity index is 836. The first-order valence-electron chi connectivity index (χ1n) is 7.77. The zero-order valence-corrected chi connectivity index (χ0v) is 14.7. The number of alkyl halides is 3. The summed E-state index contributed by atoms with van der Waals surface area (Å²) in [6.45, 7) is 2.30. The molecular weight excluding hydrogens is 371 g/mol. The third-order valence-electron chi connectivity index (χ3n) is 3.73. The van der Waals surface area contributed by atoms with Gasteiger partial charge in [0.1, 0.15) is 0 Å². The number of aromatic nitrogens is 2. The highest BCUT2D eigenvalue weighted by Crippen LogP contribution is 2.31.